The number of halogens is 2. The van der Waals surface area contributed by atoms with Crippen LogP contribution >= 0.6 is 27.5 Å². The molecule has 0 aliphatic heterocycles. The van der Waals surface area contributed by atoms with Gasteiger partial charge in [0.1, 0.15) is 0 Å². The predicted molar refractivity (Wildman–Crippen MR) is 80.2 cm³/mol. The number of rotatable bonds is 4. The molecule has 102 valence electrons. The average molecular weight is 354 g/mol. The molecule has 0 amide bonds. The molecule has 0 aliphatic rings. The lowest BCUT2D eigenvalue weighted by Gasteiger charge is -2.06. The molecule has 0 saturated heterocycles. The van der Waals surface area contributed by atoms with E-state index in [1.165, 1.54) is 6.07 Å². The van der Waals surface area contributed by atoms with Crippen LogP contribution in [0.3, 0.4) is 0 Å². The normalized spacial score (nSPS) is 10.1. The fourth-order valence-electron chi connectivity index (χ4n) is 1.59. The summed E-state index contributed by atoms with van der Waals surface area (Å²) in [5.41, 5.74) is 0.795. The topological polar surface area (TPSA) is 43.4 Å². The molecular weight excluding hydrogens is 344 g/mol. The highest BCUT2D eigenvalue weighted by atomic mass is 79.9. The Morgan fingerprint density at radius 1 is 1.10 bits per heavy atom. The standard InChI is InChI=1S/C15H10BrClO3/c16-13-7-2-1-6-12(13)14(18)9-20-15(19)10-4-3-5-11(17)8-10/h1-8H,9H2. The molecular formula is C15H10BrClO3. The summed E-state index contributed by atoms with van der Waals surface area (Å²) in [6, 6.07) is 13.4. The predicted octanol–water partition coefficient (Wildman–Crippen LogP) is 4.14. The first kappa shape index (κ1) is 14.8. The number of carbonyl (C=O) groups is 2. The number of hydrogen-bond acceptors (Lipinski definition) is 3. The zero-order chi connectivity index (χ0) is 14.5. The SMILES string of the molecule is O=C(OCC(=O)c1ccccc1Br)c1cccc(Cl)c1. The Bertz CT molecular complexity index is 655. The van der Waals surface area contributed by atoms with Gasteiger partial charge in [-0.1, -0.05) is 51.8 Å². The third-order valence-electron chi connectivity index (χ3n) is 2.57. The molecule has 0 N–H and O–H groups in total. The van der Waals surface area contributed by atoms with E-state index in [-0.39, 0.29) is 12.4 Å². The second-order valence-corrected chi connectivity index (χ2v) is 5.28. The van der Waals surface area contributed by atoms with Crippen LogP contribution in [0.15, 0.2) is 53.0 Å². The van der Waals surface area contributed by atoms with Gasteiger partial charge in [0, 0.05) is 15.1 Å². The zero-order valence-electron chi connectivity index (χ0n) is 10.3. The Labute approximate surface area is 129 Å². The van der Waals surface area contributed by atoms with E-state index in [4.69, 9.17) is 16.3 Å². The molecule has 0 fully saturated rings. The van der Waals surface area contributed by atoms with Crippen molar-refractivity contribution in [1.29, 1.82) is 0 Å². The molecule has 0 unspecified atom stereocenters. The van der Waals surface area contributed by atoms with E-state index in [0.29, 0.717) is 20.6 Å². The minimum atomic E-state index is -0.576. The highest BCUT2D eigenvalue weighted by Crippen LogP contribution is 2.17. The minimum Gasteiger partial charge on any atom is -0.454 e. The molecule has 0 spiro atoms. The maximum atomic E-state index is 11.9. The van der Waals surface area contributed by atoms with Gasteiger partial charge >= 0.3 is 5.97 Å². The van der Waals surface area contributed by atoms with Crippen molar-refractivity contribution in [3.63, 3.8) is 0 Å². The zero-order valence-corrected chi connectivity index (χ0v) is 12.6. The number of esters is 1. The van der Waals surface area contributed by atoms with E-state index in [1.807, 2.05) is 0 Å². The summed E-state index contributed by atoms with van der Waals surface area (Å²) in [5, 5.41) is 0.441. The van der Waals surface area contributed by atoms with Gasteiger partial charge in [-0.25, -0.2) is 4.79 Å². The molecule has 3 nitrogen and oxygen atoms in total. The van der Waals surface area contributed by atoms with Crippen LogP contribution in [0.25, 0.3) is 0 Å². The second-order valence-electron chi connectivity index (χ2n) is 3.99. The molecule has 0 aromatic heterocycles. The third kappa shape index (κ3) is 3.68. The maximum Gasteiger partial charge on any atom is 0.338 e. The van der Waals surface area contributed by atoms with Crippen molar-refractivity contribution in [2.45, 2.75) is 0 Å². The first-order valence-electron chi connectivity index (χ1n) is 5.78. The summed E-state index contributed by atoms with van der Waals surface area (Å²) in [4.78, 5) is 23.7. The number of hydrogen-bond donors (Lipinski definition) is 0. The van der Waals surface area contributed by atoms with Crippen LogP contribution in [-0.4, -0.2) is 18.4 Å². The molecule has 0 heterocycles. The second kappa shape index (κ2) is 6.68. The highest BCUT2D eigenvalue weighted by molar-refractivity contribution is 9.10. The Morgan fingerprint density at radius 2 is 1.85 bits per heavy atom. The number of benzene rings is 2. The minimum absolute atomic E-state index is 0.271. The van der Waals surface area contributed by atoms with Crippen LogP contribution in [-0.2, 0) is 4.74 Å². The van der Waals surface area contributed by atoms with E-state index in [2.05, 4.69) is 15.9 Å². The van der Waals surface area contributed by atoms with Crippen LogP contribution in [0.4, 0.5) is 0 Å². The monoisotopic (exact) mass is 352 g/mol. The fraction of sp³-hybridized carbons (Fsp3) is 0.0667. The van der Waals surface area contributed by atoms with Gasteiger partial charge in [-0.15, -0.1) is 0 Å². The molecule has 0 aliphatic carbocycles. The Balaban J connectivity index is 2.01. The average Bonchev–Trinajstić information content (AvgIpc) is 2.45. The first-order valence-corrected chi connectivity index (χ1v) is 6.95. The summed E-state index contributed by atoms with van der Waals surface area (Å²) in [6.45, 7) is -0.312. The van der Waals surface area contributed by atoms with Crippen molar-refractivity contribution in [3.8, 4) is 0 Å². The van der Waals surface area contributed by atoms with Crippen LogP contribution in [0, 0.1) is 0 Å². The lowest BCUT2D eigenvalue weighted by atomic mass is 10.1. The number of Topliss-reactive ketones (excluding diaryl/α,β-unsaturated/α-hetero) is 1. The molecule has 20 heavy (non-hydrogen) atoms. The molecule has 5 heteroatoms. The Kier molecular flexibility index (Phi) is 4.93. The van der Waals surface area contributed by atoms with E-state index < -0.39 is 5.97 Å². The Hall–Kier alpha value is -1.65. The van der Waals surface area contributed by atoms with E-state index in [1.54, 1.807) is 42.5 Å². The van der Waals surface area contributed by atoms with Crippen LogP contribution in [0.1, 0.15) is 20.7 Å². The molecule has 0 atom stereocenters. The summed E-state index contributed by atoms with van der Waals surface area (Å²) in [5.74, 6) is -0.847. The van der Waals surface area contributed by atoms with E-state index >= 15 is 0 Å². The van der Waals surface area contributed by atoms with Crippen molar-refractivity contribution >= 4 is 39.3 Å². The number of ether oxygens (including phenoxy) is 1. The Morgan fingerprint density at radius 3 is 2.55 bits per heavy atom. The van der Waals surface area contributed by atoms with Gasteiger partial charge in [0.15, 0.2) is 6.61 Å². The van der Waals surface area contributed by atoms with Crippen LogP contribution in [0.2, 0.25) is 5.02 Å². The van der Waals surface area contributed by atoms with Gasteiger partial charge in [-0.05, 0) is 24.3 Å². The van der Waals surface area contributed by atoms with Gasteiger partial charge in [-0.2, -0.15) is 0 Å². The van der Waals surface area contributed by atoms with Crippen LogP contribution in [0.5, 0.6) is 0 Å². The van der Waals surface area contributed by atoms with Crippen molar-refractivity contribution in [2.75, 3.05) is 6.61 Å². The first-order chi connectivity index (χ1) is 9.58. The number of ketones is 1. The van der Waals surface area contributed by atoms with Crippen molar-refractivity contribution < 1.29 is 14.3 Å². The third-order valence-corrected chi connectivity index (χ3v) is 3.50. The van der Waals surface area contributed by atoms with Gasteiger partial charge < -0.3 is 4.74 Å². The summed E-state index contributed by atoms with van der Waals surface area (Å²) >= 11 is 9.07. The number of carbonyl (C=O) groups excluding carboxylic acids is 2. The lowest BCUT2D eigenvalue weighted by Crippen LogP contribution is -2.14. The van der Waals surface area contributed by atoms with Gasteiger partial charge in [0.2, 0.25) is 5.78 Å². The smallest absolute Gasteiger partial charge is 0.338 e. The van der Waals surface area contributed by atoms with E-state index in [9.17, 15) is 9.59 Å². The van der Waals surface area contributed by atoms with E-state index in [0.717, 1.165) is 0 Å². The summed E-state index contributed by atoms with van der Waals surface area (Å²) in [7, 11) is 0. The van der Waals surface area contributed by atoms with Gasteiger partial charge in [0.05, 0.1) is 5.56 Å². The largest absolute Gasteiger partial charge is 0.454 e. The van der Waals surface area contributed by atoms with Crippen molar-refractivity contribution in [3.05, 3.63) is 69.2 Å². The molecule has 0 bridgehead atoms. The molecule has 2 aromatic rings. The molecule has 2 aromatic carbocycles. The van der Waals surface area contributed by atoms with Crippen molar-refractivity contribution in [2.24, 2.45) is 0 Å². The van der Waals surface area contributed by atoms with Crippen LogP contribution < -0.4 is 0 Å². The molecule has 0 saturated carbocycles. The maximum absolute atomic E-state index is 11.9. The van der Waals surface area contributed by atoms with Gasteiger partial charge in [0.25, 0.3) is 0 Å². The highest BCUT2D eigenvalue weighted by Gasteiger charge is 2.13. The molecule has 2 rings (SSSR count). The summed E-state index contributed by atoms with van der Waals surface area (Å²) in [6.07, 6.45) is 0. The quantitative estimate of drug-likeness (QED) is 0.613. The summed E-state index contributed by atoms with van der Waals surface area (Å²) < 4.78 is 5.66. The van der Waals surface area contributed by atoms with Gasteiger partial charge in [-0.3, -0.25) is 4.79 Å². The fourth-order valence-corrected chi connectivity index (χ4v) is 2.29. The van der Waals surface area contributed by atoms with Crippen molar-refractivity contribution in [1.82, 2.24) is 0 Å². The molecule has 0 radical (unpaired) electrons. The lowest BCUT2D eigenvalue weighted by molar-refractivity contribution is 0.0474.